The molecule has 0 spiro atoms. The highest BCUT2D eigenvalue weighted by Gasteiger charge is 2.15. The van der Waals surface area contributed by atoms with E-state index in [1.54, 1.807) is 5.38 Å². The molecule has 1 aromatic rings. The Morgan fingerprint density at radius 2 is 2.29 bits per heavy atom. The average molecular weight is 253 g/mol. The molecule has 2 rings (SSSR count). The summed E-state index contributed by atoms with van der Waals surface area (Å²) in [6.45, 7) is 0. The quantitative estimate of drug-likeness (QED) is 0.505. The lowest BCUT2D eigenvalue weighted by atomic mass is 9.98. The van der Waals surface area contributed by atoms with Gasteiger partial charge in [-0.1, -0.05) is 11.6 Å². The first-order chi connectivity index (χ1) is 8.29. The third-order valence-electron chi connectivity index (χ3n) is 2.75. The van der Waals surface area contributed by atoms with Crippen molar-refractivity contribution in [3.05, 3.63) is 11.1 Å². The zero-order valence-corrected chi connectivity index (χ0v) is 10.3. The van der Waals surface area contributed by atoms with Crippen molar-refractivity contribution in [3.8, 4) is 0 Å². The zero-order valence-electron chi connectivity index (χ0n) is 9.46. The normalized spacial score (nSPS) is 18.0. The number of hydrogen-bond donors (Lipinski definition) is 1. The van der Waals surface area contributed by atoms with Crippen LogP contribution in [0, 0.1) is 0 Å². The summed E-state index contributed by atoms with van der Waals surface area (Å²) in [4.78, 5) is 20.3. The first kappa shape index (κ1) is 12.0. The lowest BCUT2D eigenvalue weighted by Crippen LogP contribution is -2.15. The highest BCUT2D eigenvalue weighted by molar-refractivity contribution is 7.13. The Bertz CT molecular complexity index is 411. The minimum Gasteiger partial charge on any atom is -0.392 e. The van der Waals surface area contributed by atoms with Gasteiger partial charge < -0.3 is 10.6 Å². The van der Waals surface area contributed by atoms with Gasteiger partial charge in [0.15, 0.2) is 17.1 Å². The number of thiazole rings is 1. The van der Waals surface area contributed by atoms with Crippen LogP contribution in [-0.2, 0) is 9.63 Å². The first-order valence-electron chi connectivity index (χ1n) is 5.70. The Morgan fingerprint density at radius 3 is 2.88 bits per heavy atom. The van der Waals surface area contributed by atoms with Gasteiger partial charge in [0.1, 0.15) is 11.8 Å². The fraction of sp³-hybridized carbons (Fsp3) is 0.545. The molecule has 0 saturated heterocycles. The van der Waals surface area contributed by atoms with Gasteiger partial charge in [-0.3, -0.25) is 4.79 Å². The maximum Gasteiger partial charge on any atom is 0.180 e. The third-order valence-corrected chi connectivity index (χ3v) is 3.42. The average Bonchev–Trinajstić information content (AvgIpc) is 2.78. The summed E-state index contributed by atoms with van der Waals surface area (Å²) in [5.74, 6) is 0. The van der Waals surface area contributed by atoms with Crippen LogP contribution in [0.5, 0.6) is 0 Å². The lowest BCUT2D eigenvalue weighted by Gasteiger charge is -2.19. The molecule has 92 valence electrons. The predicted molar refractivity (Wildman–Crippen MR) is 67.1 cm³/mol. The van der Waals surface area contributed by atoms with Crippen molar-refractivity contribution in [3.63, 3.8) is 0 Å². The van der Waals surface area contributed by atoms with Crippen LogP contribution in [0.1, 0.15) is 37.8 Å². The summed E-state index contributed by atoms with van der Waals surface area (Å²) in [5.41, 5.74) is 6.20. The van der Waals surface area contributed by atoms with E-state index in [1.165, 1.54) is 30.6 Å². The van der Waals surface area contributed by atoms with Gasteiger partial charge in [-0.25, -0.2) is 4.98 Å². The number of aromatic nitrogens is 1. The number of nitrogens with zero attached hydrogens (tertiary/aromatic N) is 2. The van der Waals surface area contributed by atoms with Gasteiger partial charge in [0, 0.05) is 5.38 Å². The van der Waals surface area contributed by atoms with Crippen LogP contribution in [0.15, 0.2) is 10.5 Å². The molecule has 1 aromatic heterocycles. The Hall–Kier alpha value is -1.43. The molecule has 1 aliphatic rings. The maximum atomic E-state index is 10.9. The lowest BCUT2D eigenvalue weighted by molar-refractivity contribution is -0.102. The van der Waals surface area contributed by atoms with E-state index in [0.29, 0.717) is 17.1 Å². The fourth-order valence-electron chi connectivity index (χ4n) is 1.84. The topological polar surface area (TPSA) is 77.6 Å². The van der Waals surface area contributed by atoms with E-state index in [9.17, 15) is 4.79 Å². The highest BCUT2D eigenvalue weighted by atomic mass is 32.1. The van der Waals surface area contributed by atoms with Crippen LogP contribution in [0.4, 0.5) is 5.13 Å². The Kier molecular flexibility index (Phi) is 4.08. The summed E-state index contributed by atoms with van der Waals surface area (Å²) >= 11 is 1.28. The monoisotopic (exact) mass is 253 g/mol. The van der Waals surface area contributed by atoms with Crippen LogP contribution in [-0.4, -0.2) is 23.1 Å². The van der Waals surface area contributed by atoms with Crippen LogP contribution in [0.25, 0.3) is 0 Å². The molecule has 0 aliphatic heterocycles. The first-order valence-corrected chi connectivity index (χ1v) is 6.58. The van der Waals surface area contributed by atoms with E-state index in [1.807, 2.05) is 0 Å². The second-order valence-corrected chi connectivity index (χ2v) is 4.92. The van der Waals surface area contributed by atoms with Crippen molar-refractivity contribution < 1.29 is 9.63 Å². The smallest absolute Gasteiger partial charge is 0.180 e. The van der Waals surface area contributed by atoms with Gasteiger partial charge in [-0.15, -0.1) is 11.3 Å². The van der Waals surface area contributed by atoms with Crippen LogP contribution in [0.3, 0.4) is 0 Å². The molecular weight excluding hydrogens is 238 g/mol. The number of aldehydes is 1. The van der Waals surface area contributed by atoms with E-state index in [4.69, 9.17) is 10.6 Å². The van der Waals surface area contributed by atoms with Gasteiger partial charge in [0.05, 0.1) is 0 Å². The molecule has 0 amide bonds. The molecule has 0 radical (unpaired) electrons. The maximum absolute atomic E-state index is 10.9. The minimum atomic E-state index is 0.134. The molecule has 0 aromatic carbocycles. The summed E-state index contributed by atoms with van der Waals surface area (Å²) in [5, 5.41) is 6.01. The predicted octanol–water partition coefficient (Wildman–Crippen LogP) is 1.98. The molecule has 17 heavy (non-hydrogen) atoms. The van der Waals surface area contributed by atoms with E-state index in [0.717, 1.165) is 12.8 Å². The van der Waals surface area contributed by atoms with Gasteiger partial charge in [-0.05, 0) is 25.7 Å². The Labute approximate surface area is 104 Å². The highest BCUT2D eigenvalue weighted by Crippen LogP contribution is 2.20. The van der Waals surface area contributed by atoms with Crippen molar-refractivity contribution in [2.75, 3.05) is 5.73 Å². The number of nitrogen functional groups attached to an aromatic ring is 1. The summed E-state index contributed by atoms with van der Waals surface area (Å²) in [6.07, 6.45) is 6.39. The fourth-order valence-corrected chi connectivity index (χ4v) is 2.39. The number of carbonyl (C=O) groups excluding carboxylic acids is 1. The van der Waals surface area contributed by atoms with E-state index in [2.05, 4.69) is 10.1 Å². The second kappa shape index (κ2) is 5.77. The number of nitrogens with two attached hydrogens (primary N) is 1. The third kappa shape index (κ3) is 3.26. The number of carbonyl (C=O) groups is 1. The number of oxime groups is 1. The minimum absolute atomic E-state index is 0.134. The molecular formula is C11H15N3O2S. The van der Waals surface area contributed by atoms with Crippen molar-refractivity contribution in [1.29, 1.82) is 0 Å². The molecule has 2 N–H and O–H groups in total. The van der Waals surface area contributed by atoms with E-state index in [-0.39, 0.29) is 11.8 Å². The van der Waals surface area contributed by atoms with Crippen molar-refractivity contribution in [2.24, 2.45) is 5.16 Å². The molecule has 0 atom stereocenters. The number of anilines is 1. The van der Waals surface area contributed by atoms with Crippen LogP contribution in [0.2, 0.25) is 0 Å². The molecule has 1 saturated carbocycles. The summed E-state index contributed by atoms with van der Waals surface area (Å²) in [7, 11) is 0. The Morgan fingerprint density at radius 1 is 1.53 bits per heavy atom. The van der Waals surface area contributed by atoms with Crippen molar-refractivity contribution >= 4 is 28.5 Å². The van der Waals surface area contributed by atoms with Gasteiger partial charge >= 0.3 is 0 Å². The molecule has 0 bridgehead atoms. The standard InChI is InChI=1S/C11H15N3O2S/c12-11-13-10(7-17-11)9(6-15)14-16-8-4-2-1-3-5-8/h6-8H,1-5H2,(H2,12,13). The van der Waals surface area contributed by atoms with E-state index < -0.39 is 0 Å². The van der Waals surface area contributed by atoms with Gasteiger partial charge in [0.25, 0.3) is 0 Å². The van der Waals surface area contributed by atoms with Gasteiger partial charge in [-0.2, -0.15) is 0 Å². The second-order valence-electron chi connectivity index (χ2n) is 4.03. The Balaban J connectivity index is 1.99. The number of rotatable bonds is 4. The van der Waals surface area contributed by atoms with Crippen molar-refractivity contribution in [1.82, 2.24) is 4.98 Å². The van der Waals surface area contributed by atoms with Crippen molar-refractivity contribution in [2.45, 2.75) is 38.2 Å². The van der Waals surface area contributed by atoms with Crippen LogP contribution < -0.4 is 5.73 Å². The molecule has 1 aliphatic carbocycles. The number of hydrogen-bond acceptors (Lipinski definition) is 6. The zero-order chi connectivity index (χ0) is 12.1. The van der Waals surface area contributed by atoms with Gasteiger partial charge in [0.2, 0.25) is 0 Å². The summed E-state index contributed by atoms with van der Waals surface area (Å²) in [6, 6.07) is 0. The SMILES string of the molecule is Nc1nc(C(C=O)=NOC2CCCCC2)cs1. The molecule has 1 heterocycles. The van der Waals surface area contributed by atoms with E-state index >= 15 is 0 Å². The largest absolute Gasteiger partial charge is 0.392 e. The molecule has 1 fully saturated rings. The molecule has 6 heteroatoms. The van der Waals surface area contributed by atoms with Crippen LogP contribution >= 0.6 is 11.3 Å². The molecule has 0 unspecified atom stereocenters. The molecule has 5 nitrogen and oxygen atoms in total. The summed E-state index contributed by atoms with van der Waals surface area (Å²) < 4.78 is 0.